The van der Waals surface area contributed by atoms with Crippen molar-refractivity contribution in [1.82, 2.24) is 10.9 Å². The topological polar surface area (TPSA) is 67.2 Å². The second-order valence-corrected chi connectivity index (χ2v) is 4.44. The summed E-state index contributed by atoms with van der Waals surface area (Å²) >= 11 is 10.0. The highest BCUT2D eigenvalue weighted by Crippen LogP contribution is 2.31. The van der Waals surface area contributed by atoms with E-state index in [0.717, 1.165) is 12.1 Å². The fourth-order valence-electron chi connectivity index (χ4n) is 1.28. The van der Waals surface area contributed by atoms with Gasteiger partial charge in [0.2, 0.25) is 5.91 Å². The molecule has 0 heterocycles. The van der Waals surface area contributed by atoms with Crippen molar-refractivity contribution in [3.05, 3.63) is 34.3 Å². The molecule has 0 fully saturated rings. The highest BCUT2D eigenvalue weighted by Gasteiger charge is 2.31. The number of thiocarbonyl (C=S) groups is 1. The normalized spacial score (nSPS) is 10.9. The van der Waals surface area contributed by atoms with E-state index in [-0.39, 0.29) is 22.1 Å². The summed E-state index contributed by atoms with van der Waals surface area (Å²) < 4.78 is 37.6. The SMILES string of the molecule is NC(=S)NNC(=O)Cc1cc(Cl)cc(C(F)(F)F)c1. The Labute approximate surface area is 117 Å². The maximum Gasteiger partial charge on any atom is 0.416 e. The third kappa shape index (κ3) is 5.31. The van der Waals surface area contributed by atoms with Gasteiger partial charge in [0.1, 0.15) is 0 Å². The van der Waals surface area contributed by atoms with Gasteiger partial charge in [-0.05, 0) is 36.0 Å². The summed E-state index contributed by atoms with van der Waals surface area (Å²) in [6, 6.07) is 2.92. The average Bonchev–Trinajstić information content (AvgIpc) is 2.24. The average molecular weight is 312 g/mol. The molecule has 0 aromatic heterocycles. The number of amides is 1. The van der Waals surface area contributed by atoms with Crippen molar-refractivity contribution in [3.63, 3.8) is 0 Å². The molecule has 4 N–H and O–H groups in total. The lowest BCUT2D eigenvalue weighted by molar-refractivity contribution is -0.137. The molecule has 0 saturated carbocycles. The molecule has 0 radical (unpaired) electrons. The molecule has 1 amide bonds. The first kappa shape index (κ1) is 15.5. The summed E-state index contributed by atoms with van der Waals surface area (Å²) in [4.78, 5) is 11.4. The lowest BCUT2D eigenvalue weighted by Gasteiger charge is -2.10. The van der Waals surface area contributed by atoms with E-state index in [9.17, 15) is 18.0 Å². The predicted molar refractivity (Wildman–Crippen MR) is 68.2 cm³/mol. The Balaban J connectivity index is 2.81. The van der Waals surface area contributed by atoms with Crippen LogP contribution in [0.25, 0.3) is 0 Å². The van der Waals surface area contributed by atoms with Crippen molar-refractivity contribution in [2.75, 3.05) is 0 Å². The molecule has 1 aromatic carbocycles. The highest BCUT2D eigenvalue weighted by molar-refractivity contribution is 7.80. The smallest absolute Gasteiger partial charge is 0.375 e. The third-order valence-corrected chi connectivity index (χ3v) is 2.29. The van der Waals surface area contributed by atoms with Crippen LogP contribution in [0.5, 0.6) is 0 Å². The molecule has 0 atom stereocenters. The molecule has 0 bridgehead atoms. The quantitative estimate of drug-likeness (QED) is 0.575. The summed E-state index contributed by atoms with van der Waals surface area (Å²) in [6.45, 7) is 0. The Morgan fingerprint density at radius 1 is 1.32 bits per heavy atom. The largest absolute Gasteiger partial charge is 0.416 e. The second-order valence-electron chi connectivity index (χ2n) is 3.56. The van der Waals surface area contributed by atoms with Crippen LogP contribution in [0.2, 0.25) is 5.02 Å². The Kier molecular flexibility index (Phi) is 4.96. The zero-order valence-corrected chi connectivity index (χ0v) is 10.9. The van der Waals surface area contributed by atoms with Crippen molar-refractivity contribution in [2.24, 2.45) is 5.73 Å². The van der Waals surface area contributed by atoms with Crippen LogP contribution >= 0.6 is 23.8 Å². The number of benzene rings is 1. The maximum atomic E-state index is 12.5. The van der Waals surface area contributed by atoms with Crippen molar-refractivity contribution in [3.8, 4) is 0 Å². The number of hydrogen-bond acceptors (Lipinski definition) is 2. The van der Waals surface area contributed by atoms with Gasteiger partial charge in [0.25, 0.3) is 0 Å². The Hall–Kier alpha value is -1.54. The van der Waals surface area contributed by atoms with E-state index in [1.54, 1.807) is 0 Å². The summed E-state index contributed by atoms with van der Waals surface area (Å²) in [5, 5.41) is -0.254. The van der Waals surface area contributed by atoms with Gasteiger partial charge in [-0.25, -0.2) is 0 Å². The maximum absolute atomic E-state index is 12.5. The molecule has 1 aromatic rings. The number of rotatable bonds is 2. The minimum absolute atomic E-state index is 0.0973. The van der Waals surface area contributed by atoms with Gasteiger partial charge in [-0.1, -0.05) is 11.6 Å². The Morgan fingerprint density at radius 2 is 1.95 bits per heavy atom. The summed E-state index contributed by atoms with van der Waals surface area (Å²) in [6.07, 6.45) is -4.81. The molecule has 104 valence electrons. The molecule has 19 heavy (non-hydrogen) atoms. The highest BCUT2D eigenvalue weighted by atomic mass is 35.5. The molecule has 0 aliphatic heterocycles. The number of hydrazine groups is 1. The van der Waals surface area contributed by atoms with Crippen LogP contribution in [-0.4, -0.2) is 11.0 Å². The van der Waals surface area contributed by atoms with Crippen molar-refractivity contribution >= 4 is 34.8 Å². The van der Waals surface area contributed by atoms with Gasteiger partial charge in [0, 0.05) is 5.02 Å². The van der Waals surface area contributed by atoms with Gasteiger partial charge in [-0.15, -0.1) is 0 Å². The monoisotopic (exact) mass is 311 g/mol. The van der Waals surface area contributed by atoms with Crippen LogP contribution in [0.4, 0.5) is 13.2 Å². The van der Waals surface area contributed by atoms with Gasteiger partial charge in [0.05, 0.1) is 12.0 Å². The summed E-state index contributed by atoms with van der Waals surface area (Å²) in [7, 11) is 0. The molecule has 1 rings (SSSR count). The molecule has 0 aliphatic rings. The van der Waals surface area contributed by atoms with Crippen molar-refractivity contribution in [2.45, 2.75) is 12.6 Å². The number of carbonyl (C=O) groups is 1. The number of nitrogens with two attached hydrogens (primary N) is 1. The molecule has 0 spiro atoms. The van der Waals surface area contributed by atoms with Crippen LogP contribution in [0.3, 0.4) is 0 Å². The fourth-order valence-corrected chi connectivity index (χ4v) is 1.59. The summed E-state index contributed by atoms with van der Waals surface area (Å²) in [5.41, 5.74) is 8.60. The van der Waals surface area contributed by atoms with Gasteiger partial charge in [0.15, 0.2) is 5.11 Å². The lowest BCUT2D eigenvalue weighted by Crippen LogP contribution is -2.44. The number of alkyl halides is 3. The van der Waals surface area contributed by atoms with Gasteiger partial charge in [-0.3, -0.25) is 15.6 Å². The van der Waals surface area contributed by atoms with Gasteiger partial charge in [-0.2, -0.15) is 13.2 Å². The number of nitrogens with one attached hydrogen (secondary N) is 2. The Bertz CT molecular complexity index is 507. The fraction of sp³-hybridized carbons (Fsp3) is 0.200. The van der Waals surface area contributed by atoms with E-state index < -0.39 is 17.6 Å². The van der Waals surface area contributed by atoms with E-state index in [4.69, 9.17) is 17.3 Å². The minimum Gasteiger partial charge on any atom is -0.375 e. The lowest BCUT2D eigenvalue weighted by atomic mass is 10.1. The van der Waals surface area contributed by atoms with Gasteiger partial charge >= 0.3 is 6.18 Å². The first-order valence-electron chi connectivity index (χ1n) is 4.89. The molecule has 9 heteroatoms. The molecular formula is C10H9ClF3N3OS. The van der Waals surface area contributed by atoms with E-state index in [1.165, 1.54) is 6.07 Å². The van der Waals surface area contributed by atoms with Crippen LogP contribution in [0, 0.1) is 0 Å². The minimum atomic E-state index is -4.52. The zero-order chi connectivity index (χ0) is 14.6. The van der Waals surface area contributed by atoms with E-state index in [0.29, 0.717) is 0 Å². The number of carbonyl (C=O) groups excluding carboxylic acids is 1. The summed E-state index contributed by atoms with van der Waals surface area (Å²) in [5.74, 6) is -0.594. The molecule has 0 saturated heterocycles. The second kappa shape index (κ2) is 6.07. The van der Waals surface area contributed by atoms with Crippen molar-refractivity contribution < 1.29 is 18.0 Å². The first-order chi connectivity index (χ1) is 8.68. The first-order valence-corrected chi connectivity index (χ1v) is 5.68. The Morgan fingerprint density at radius 3 is 2.47 bits per heavy atom. The van der Waals surface area contributed by atoms with Crippen LogP contribution in [0.15, 0.2) is 18.2 Å². The van der Waals surface area contributed by atoms with Gasteiger partial charge < -0.3 is 5.73 Å². The van der Waals surface area contributed by atoms with Crippen LogP contribution < -0.4 is 16.6 Å². The molecule has 0 unspecified atom stereocenters. The third-order valence-electron chi connectivity index (χ3n) is 1.97. The van der Waals surface area contributed by atoms with E-state index in [2.05, 4.69) is 23.1 Å². The van der Waals surface area contributed by atoms with E-state index >= 15 is 0 Å². The standard InChI is InChI=1S/C10H9ClF3N3OS/c11-7-2-5(1-6(4-7)10(12,13)14)3-8(18)16-17-9(15)19/h1-2,4H,3H2,(H,16,18)(H3,15,17,19). The van der Waals surface area contributed by atoms with E-state index in [1.807, 2.05) is 0 Å². The molecular weight excluding hydrogens is 303 g/mol. The molecule has 4 nitrogen and oxygen atoms in total. The predicted octanol–water partition coefficient (Wildman–Crippen LogP) is 1.77. The van der Waals surface area contributed by atoms with Crippen LogP contribution in [-0.2, 0) is 17.4 Å². The van der Waals surface area contributed by atoms with Crippen LogP contribution in [0.1, 0.15) is 11.1 Å². The number of halogens is 4. The van der Waals surface area contributed by atoms with Crippen molar-refractivity contribution in [1.29, 1.82) is 0 Å². The molecule has 0 aliphatic carbocycles. The zero-order valence-electron chi connectivity index (χ0n) is 9.34. The number of hydrogen-bond donors (Lipinski definition) is 3.